The van der Waals surface area contributed by atoms with Crippen LogP contribution in [0.2, 0.25) is 0 Å². The number of hydrogen-bond acceptors (Lipinski definition) is 2. The lowest BCUT2D eigenvalue weighted by molar-refractivity contribution is -0.126. The van der Waals surface area contributed by atoms with E-state index in [0.717, 1.165) is 19.5 Å². The Morgan fingerprint density at radius 3 is 2.90 bits per heavy atom. The van der Waals surface area contributed by atoms with E-state index in [9.17, 15) is 4.79 Å². The zero-order valence-corrected chi connectivity index (χ0v) is 6.55. The van der Waals surface area contributed by atoms with E-state index in [2.05, 4.69) is 5.32 Å². The molecule has 1 aliphatic rings. The molecule has 0 saturated carbocycles. The molecule has 1 amide bonds. The van der Waals surface area contributed by atoms with Gasteiger partial charge in [0.05, 0.1) is 0 Å². The molecule has 0 unspecified atom stereocenters. The third-order valence-electron chi connectivity index (χ3n) is 1.91. The zero-order chi connectivity index (χ0) is 7.56. The predicted octanol–water partition coefficient (Wildman–Crippen LogP) is -0.316. The van der Waals surface area contributed by atoms with E-state index >= 15 is 0 Å². The first-order valence-corrected chi connectivity index (χ1v) is 3.62. The Labute approximate surface area is 61.4 Å². The molecule has 10 heavy (non-hydrogen) atoms. The van der Waals surface area contributed by atoms with E-state index in [-0.39, 0.29) is 5.91 Å². The van der Waals surface area contributed by atoms with Crippen LogP contribution < -0.4 is 5.32 Å². The van der Waals surface area contributed by atoms with Crippen molar-refractivity contribution >= 4 is 5.91 Å². The molecule has 0 bridgehead atoms. The molecular formula is C7H14N2O. The lowest BCUT2D eigenvalue weighted by atomic mass is 10.1. The number of rotatable bonds is 2. The summed E-state index contributed by atoms with van der Waals surface area (Å²) >= 11 is 0. The fraction of sp³-hybridized carbons (Fsp3) is 0.857. The average Bonchev–Trinajstić information content (AvgIpc) is 2.14. The van der Waals surface area contributed by atoms with Crippen molar-refractivity contribution in [3.8, 4) is 0 Å². The quantitative estimate of drug-likeness (QED) is 0.573. The Hall–Kier alpha value is -0.570. The number of nitrogens with zero attached hydrogens (tertiary/aromatic N) is 1. The molecule has 0 aromatic carbocycles. The molecule has 0 radical (unpaired) electrons. The second-order valence-electron chi connectivity index (χ2n) is 2.90. The van der Waals surface area contributed by atoms with E-state index in [1.54, 1.807) is 4.90 Å². The summed E-state index contributed by atoms with van der Waals surface area (Å²) in [6.45, 7) is 1.87. The van der Waals surface area contributed by atoms with Gasteiger partial charge in [-0.1, -0.05) is 0 Å². The molecule has 1 N–H and O–H groups in total. The SMILES string of the molecule is CNC[C@@H]1CC(=O)N(C)C1. The molecule has 58 valence electrons. The van der Waals surface area contributed by atoms with Gasteiger partial charge in [0, 0.05) is 20.0 Å². The third-order valence-corrected chi connectivity index (χ3v) is 1.91. The molecule has 3 nitrogen and oxygen atoms in total. The van der Waals surface area contributed by atoms with Crippen molar-refractivity contribution in [2.45, 2.75) is 6.42 Å². The van der Waals surface area contributed by atoms with Gasteiger partial charge in [-0.2, -0.15) is 0 Å². The second kappa shape index (κ2) is 3.01. The molecule has 1 aliphatic heterocycles. The summed E-state index contributed by atoms with van der Waals surface area (Å²) in [5, 5.41) is 3.07. The first-order chi connectivity index (χ1) is 4.74. The molecule has 3 heteroatoms. The van der Waals surface area contributed by atoms with Crippen molar-refractivity contribution in [1.82, 2.24) is 10.2 Å². The van der Waals surface area contributed by atoms with E-state index in [1.165, 1.54) is 0 Å². The Morgan fingerprint density at radius 1 is 1.80 bits per heavy atom. The van der Waals surface area contributed by atoms with Gasteiger partial charge in [-0.3, -0.25) is 4.79 Å². The molecule has 1 heterocycles. The summed E-state index contributed by atoms with van der Waals surface area (Å²) in [6, 6.07) is 0. The minimum Gasteiger partial charge on any atom is -0.345 e. The molecule has 0 spiro atoms. The molecule has 1 fully saturated rings. The number of nitrogens with one attached hydrogen (secondary N) is 1. The van der Waals surface area contributed by atoms with Crippen LogP contribution in [-0.2, 0) is 4.79 Å². The van der Waals surface area contributed by atoms with Crippen molar-refractivity contribution in [3.63, 3.8) is 0 Å². The first kappa shape index (κ1) is 7.54. The van der Waals surface area contributed by atoms with Gasteiger partial charge in [0.2, 0.25) is 5.91 Å². The van der Waals surface area contributed by atoms with Gasteiger partial charge >= 0.3 is 0 Å². The van der Waals surface area contributed by atoms with Crippen LogP contribution in [0.25, 0.3) is 0 Å². The fourth-order valence-corrected chi connectivity index (χ4v) is 1.38. The summed E-state index contributed by atoms with van der Waals surface area (Å²) in [7, 11) is 3.78. The normalized spacial score (nSPS) is 26.0. The van der Waals surface area contributed by atoms with Crippen LogP contribution in [0.3, 0.4) is 0 Å². The second-order valence-corrected chi connectivity index (χ2v) is 2.90. The highest BCUT2D eigenvalue weighted by Crippen LogP contribution is 2.14. The first-order valence-electron chi connectivity index (χ1n) is 3.62. The van der Waals surface area contributed by atoms with Gasteiger partial charge in [-0.25, -0.2) is 0 Å². The van der Waals surface area contributed by atoms with Gasteiger partial charge < -0.3 is 10.2 Å². The Bertz CT molecular complexity index is 136. The monoisotopic (exact) mass is 142 g/mol. The van der Waals surface area contributed by atoms with Gasteiger partial charge in [-0.05, 0) is 19.5 Å². The van der Waals surface area contributed by atoms with Gasteiger partial charge in [0.1, 0.15) is 0 Å². The minimum atomic E-state index is 0.278. The van der Waals surface area contributed by atoms with Crippen molar-refractivity contribution < 1.29 is 4.79 Å². The number of likely N-dealkylation sites (tertiary alicyclic amines) is 1. The molecule has 1 atom stereocenters. The highest BCUT2D eigenvalue weighted by atomic mass is 16.2. The van der Waals surface area contributed by atoms with Gasteiger partial charge in [0.15, 0.2) is 0 Å². The van der Waals surface area contributed by atoms with Crippen LogP contribution in [0.4, 0.5) is 0 Å². The summed E-state index contributed by atoms with van der Waals surface area (Å²) in [6.07, 6.45) is 0.720. The largest absolute Gasteiger partial charge is 0.345 e. The van der Waals surface area contributed by atoms with Crippen molar-refractivity contribution in [1.29, 1.82) is 0 Å². The lowest BCUT2D eigenvalue weighted by Crippen LogP contribution is -2.22. The maximum atomic E-state index is 11.0. The van der Waals surface area contributed by atoms with Crippen LogP contribution >= 0.6 is 0 Å². The maximum absolute atomic E-state index is 11.0. The van der Waals surface area contributed by atoms with Gasteiger partial charge in [0.25, 0.3) is 0 Å². The van der Waals surface area contributed by atoms with Crippen LogP contribution in [0.5, 0.6) is 0 Å². The maximum Gasteiger partial charge on any atom is 0.222 e. The van der Waals surface area contributed by atoms with Crippen molar-refractivity contribution in [2.75, 3.05) is 27.2 Å². The third kappa shape index (κ3) is 1.48. The highest BCUT2D eigenvalue weighted by molar-refractivity contribution is 5.78. The molecule has 1 saturated heterocycles. The standard InChI is InChI=1S/C7H14N2O/c1-8-4-6-3-7(10)9(2)5-6/h6,8H,3-5H2,1-2H3/t6-/m0/s1. The fourth-order valence-electron chi connectivity index (χ4n) is 1.38. The number of amides is 1. The highest BCUT2D eigenvalue weighted by Gasteiger charge is 2.25. The number of carbonyl (C=O) groups excluding carboxylic acids is 1. The summed E-state index contributed by atoms with van der Waals surface area (Å²) in [5.74, 6) is 0.808. The lowest BCUT2D eigenvalue weighted by Gasteiger charge is -2.08. The van der Waals surface area contributed by atoms with Crippen LogP contribution in [-0.4, -0.2) is 38.0 Å². The Kier molecular flexibility index (Phi) is 2.27. The smallest absolute Gasteiger partial charge is 0.222 e. The van der Waals surface area contributed by atoms with E-state index < -0.39 is 0 Å². The van der Waals surface area contributed by atoms with Crippen LogP contribution in [0, 0.1) is 5.92 Å². The molecule has 1 rings (SSSR count). The van der Waals surface area contributed by atoms with E-state index in [0.29, 0.717) is 5.92 Å². The molecule has 0 aromatic heterocycles. The zero-order valence-electron chi connectivity index (χ0n) is 6.55. The van der Waals surface area contributed by atoms with Crippen molar-refractivity contribution in [3.05, 3.63) is 0 Å². The van der Waals surface area contributed by atoms with E-state index in [1.807, 2.05) is 14.1 Å². The predicted molar refractivity (Wildman–Crippen MR) is 39.7 cm³/mol. The van der Waals surface area contributed by atoms with Crippen LogP contribution in [0.1, 0.15) is 6.42 Å². The Morgan fingerprint density at radius 2 is 2.50 bits per heavy atom. The molecule has 0 aromatic rings. The average molecular weight is 142 g/mol. The number of hydrogen-bond donors (Lipinski definition) is 1. The van der Waals surface area contributed by atoms with Gasteiger partial charge in [-0.15, -0.1) is 0 Å². The molecular weight excluding hydrogens is 128 g/mol. The number of carbonyl (C=O) groups is 1. The topological polar surface area (TPSA) is 32.3 Å². The van der Waals surface area contributed by atoms with Crippen molar-refractivity contribution in [2.24, 2.45) is 5.92 Å². The minimum absolute atomic E-state index is 0.278. The Balaban J connectivity index is 2.34. The molecule has 0 aliphatic carbocycles. The summed E-state index contributed by atoms with van der Waals surface area (Å²) in [5.41, 5.74) is 0. The van der Waals surface area contributed by atoms with E-state index in [4.69, 9.17) is 0 Å². The summed E-state index contributed by atoms with van der Waals surface area (Å²) in [4.78, 5) is 12.8. The van der Waals surface area contributed by atoms with Crippen LogP contribution in [0.15, 0.2) is 0 Å². The summed E-state index contributed by atoms with van der Waals surface area (Å²) < 4.78 is 0.